The highest BCUT2D eigenvalue weighted by atomic mass is 32.2. The lowest BCUT2D eigenvalue weighted by Gasteiger charge is -2.04. The van der Waals surface area contributed by atoms with Crippen LogP contribution in [0, 0.1) is 0 Å². The summed E-state index contributed by atoms with van der Waals surface area (Å²) in [5.41, 5.74) is 0. The molecule has 41 valence electrons. The van der Waals surface area contributed by atoms with Gasteiger partial charge in [0.2, 0.25) is 0 Å². The van der Waals surface area contributed by atoms with Crippen LogP contribution >= 0.6 is 11.9 Å². The molecule has 1 amide bonds. The fraction of sp³-hybridized carbons (Fsp3) is 0. The Hall–Kier alpha value is -0.770. The van der Waals surface area contributed by atoms with Gasteiger partial charge in [-0.15, -0.1) is 0 Å². The summed E-state index contributed by atoms with van der Waals surface area (Å²) in [6.45, 7) is 0. The zero-order valence-electron chi connectivity index (χ0n) is 3.94. The summed E-state index contributed by atoms with van der Waals surface area (Å²) in [7, 11) is 0. The van der Waals surface area contributed by atoms with Gasteiger partial charge in [-0.1, -0.05) is 0 Å². The number of hydrogen-bond acceptors (Lipinski definition) is 3. The molecular weight excluding hydrogens is 124 g/mol. The predicted octanol–water partition coefficient (Wildman–Crippen LogP) is 0.517. The van der Waals surface area contributed by atoms with Crippen molar-refractivity contribution in [3.8, 4) is 0 Å². The van der Waals surface area contributed by atoms with Crippen molar-refractivity contribution < 1.29 is 4.79 Å². The summed E-state index contributed by atoms with van der Waals surface area (Å²) in [4.78, 5) is 9.79. The van der Waals surface area contributed by atoms with Crippen LogP contribution in [-0.4, -0.2) is 17.0 Å². The number of allylic oxidation sites excluding steroid dienone is 1. The summed E-state index contributed by atoms with van der Waals surface area (Å²) in [5, 5.41) is 5.36. The van der Waals surface area contributed by atoms with Crippen LogP contribution in [0.25, 0.3) is 0 Å². The first-order valence-electron chi connectivity index (χ1n) is 1.97. The molecular formula is C4H3N2OS. The zero-order valence-corrected chi connectivity index (χ0v) is 4.76. The van der Waals surface area contributed by atoms with Crippen molar-refractivity contribution in [1.29, 1.82) is 0 Å². The van der Waals surface area contributed by atoms with Gasteiger partial charge < -0.3 is 0 Å². The number of amides is 1. The Balaban J connectivity index is 2.51. The molecule has 0 aliphatic carbocycles. The number of hydrazone groups is 1. The molecule has 0 bridgehead atoms. The van der Waals surface area contributed by atoms with Gasteiger partial charge in [0, 0.05) is 18.2 Å². The molecule has 4 heteroatoms. The Morgan fingerprint density at radius 2 is 2.62 bits per heavy atom. The van der Waals surface area contributed by atoms with Gasteiger partial charge in [-0.05, 0) is 11.5 Å². The van der Waals surface area contributed by atoms with E-state index in [1.165, 1.54) is 18.2 Å². The number of nitrogens with zero attached hydrogens (tertiary/aromatic N) is 2. The minimum atomic E-state index is 1.11. The molecule has 1 rings (SSSR count). The third-order valence-electron chi connectivity index (χ3n) is 0.575. The molecule has 8 heavy (non-hydrogen) atoms. The molecule has 0 aromatic rings. The quantitative estimate of drug-likeness (QED) is 0.481. The maximum Gasteiger partial charge on any atom is 0.345 e. The molecule has 1 heterocycles. The van der Waals surface area contributed by atoms with Gasteiger partial charge in [0.05, 0.1) is 0 Å². The average Bonchev–Trinajstić information content (AvgIpc) is 1.90. The van der Waals surface area contributed by atoms with E-state index in [1.807, 2.05) is 0 Å². The first-order chi connectivity index (χ1) is 3.93. The molecule has 0 aromatic carbocycles. The summed E-state index contributed by atoms with van der Waals surface area (Å²) in [5.74, 6) is 0. The van der Waals surface area contributed by atoms with Gasteiger partial charge in [-0.2, -0.15) is 9.52 Å². The van der Waals surface area contributed by atoms with Crippen LogP contribution in [-0.2, 0) is 4.79 Å². The van der Waals surface area contributed by atoms with Gasteiger partial charge >= 0.3 is 6.41 Å². The predicted molar refractivity (Wildman–Crippen MR) is 32.8 cm³/mol. The standard InChI is InChI=1S/C4H3N2OS/c7-4-6-5-2-1-3-8-6/h1-3H. The SMILES string of the molecule is O=[C]N1N=CC=CS1. The minimum absolute atomic E-state index is 1.11. The first kappa shape index (κ1) is 5.37. The Kier molecular flexibility index (Phi) is 1.69. The van der Waals surface area contributed by atoms with E-state index in [9.17, 15) is 4.79 Å². The van der Waals surface area contributed by atoms with Gasteiger partial charge in [-0.25, -0.2) is 0 Å². The van der Waals surface area contributed by atoms with Gasteiger partial charge in [-0.3, -0.25) is 4.79 Å². The van der Waals surface area contributed by atoms with Gasteiger partial charge in [0.15, 0.2) is 0 Å². The van der Waals surface area contributed by atoms with Gasteiger partial charge in [0.25, 0.3) is 0 Å². The van der Waals surface area contributed by atoms with Crippen LogP contribution in [0.15, 0.2) is 16.6 Å². The van der Waals surface area contributed by atoms with E-state index < -0.39 is 0 Å². The van der Waals surface area contributed by atoms with E-state index >= 15 is 0 Å². The summed E-state index contributed by atoms with van der Waals surface area (Å²) in [6, 6.07) is 0. The van der Waals surface area contributed by atoms with Crippen LogP contribution in [0.4, 0.5) is 0 Å². The largest absolute Gasteiger partial charge is 0.345 e. The Labute approximate surface area is 51.2 Å². The Morgan fingerprint density at radius 1 is 1.75 bits per heavy atom. The van der Waals surface area contributed by atoms with Crippen molar-refractivity contribution in [3.05, 3.63) is 11.5 Å². The second kappa shape index (κ2) is 2.52. The molecule has 0 N–H and O–H groups in total. The second-order valence-corrected chi connectivity index (χ2v) is 1.89. The molecule has 0 unspecified atom stereocenters. The van der Waals surface area contributed by atoms with Crippen LogP contribution in [0.2, 0.25) is 0 Å². The Morgan fingerprint density at radius 3 is 3.00 bits per heavy atom. The molecule has 1 aliphatic rings. The van der Waals surface area contributed by atoms with Crippen molar-refractivity contribution >= 4 is 24.6 Å². The van der Waals surface area contributed by atoms with Crippen LogP contribution < -0.4 is 0 Å². The highest BCUT2D eigenvalue weighted by molar-refractivity contribution is 8.00. The average molecular weight is 127 g/mol. The van der Waals surface area contributed by atoms with Crippen molar-refractivity contribution in [3.63, 3.8) is 0 Å². The van der Waals surface area contributed by atoms with Crippen LogP contribution in [0.3, 0.4) is 0 Å². The molecule has 0 aromatic heterocycles. The smallest absolute Gasteiger partial charge is 0.260 e. The number of hydrogen-bond donors (Lipinski definition) is 0. The maximum atomic E-state index is 9.79. The molecule has 0 saturated heterocycles. The normalized spacial score (nSPS) is 16.8. The topological polar surface area (TPSA) is 32.7 Å². The third-order valence-corrected chi connectivity index (χ3v) is 1.22. The first-order valence-corrected chi connectivity index (χ1v) is 2.81. The van der Waals surface area contributed by atoms with E-state index in [1.54, 1.807) is 17.9 Å². The van der Waals surface area contributed by atoms with E-state index in [-0.39, 0.29) is 0 Å². The molecule has 3 nitrogen and oxygen atoms in total. The third kappa shape index (κ3) is 1.10. The highest BCUT2D eigenvalue weighted by Gasteiger charge is 1.97. The molecule has 0 spiro atoms. The molecule has 0 atom stereocenters. The van der Waals surface area contributed by atoms with E-state index in [2.05, 4.69) is 5.10 Å². The Bertz CT molecular complexity index is 143. The van der Waals surface area contributed by atoms with Crippen molar-refractivity contribution in [2.24, 2.45) is 5.10 Å². The van der Waals surface area contributed by atoms with E-state index in [0.717, 1.165) is 4.41 Å². The highest BCUT2D eigenvalue weighted by Crippen LogP contribution is 2.10. The number of carbonyl (C=O) groups excluding carboxylic acids is 1. The lowest BCUT2D eigenvalue weighted by Crippen LogP contribution is -2.04. The summed E-state index contributed by atoms with van der Waals surface area (Å²) in [6.07, 6.45) is 4.88. The van der Waals surface area contributed by atoms with Crippen molar-refractivity contribution in [2.75, 3.05) is 0 Å². The molecule has 0 saturated carbocycles. The van der Waals surface area contributed by atoms with Crippen LogP contribution in [0.5, 0.6) is 0 Å². The minimum Gasteiger partial charge on any atom is -0.260 e. The second-order valence-electron chi connectivity index (χ2n) is 1.06. The fourth-order valence-corrected chi connectivity index (χ4v) is 0.707. The number of rotatable bonds is 1. The maximum absolute atomic E-state index is 9.79. The van der Waals surface area contributed by atoms with Crippen molar-refractivity contribution in [1.82, 2.24) is 4.41 Å². The van der Waals surface area contributed by atoms with Gasteiger partial charge in [0.1, 0.15) is 0 Å². The molecule has 1 radical (unpaired) electrons. The molecule has 1 aliphatic heterocycles. The molecule has 0 fully saturated rings. The lowest BCUT2D eigenvalue weighted by molar-refractivity contribution is 0.513. The fourth-order valence-electron chi connectivity index (χ4n) is 0.299. The lowest BCUT2D eigenvalue weighted by atomic mass is 10.7. The van der Waals surface area contributed by atoms with E-state index in [4.69, 9.17) is 0 Å². The monoisotopic (exact) mass is 127 g/mol. The zero-order chi connectivity index (χ0) is 5.82. The van der Waals surface area contributed by atoms with Crippen LogP contribution in [0.1, 0.15) is 0 Å². The van der Waals surface area contributed by atoms with E-state index in [0.29, 0.717) is 0 Å². The summed E-state index contributed by atoms with van der Waals surface area (Å²) < 4.78 is 1.11. The van der Waals surface area contributed by atoms with Crippen molar-refractivity contribution in [2.45, 2.75) is 0 Å². The summed E-state index contributed by atoms with van der Waals surface area (Å²) >= 11 is 1.19.